The number of amides is 1. The molecule has 2 heterocycles. The van der Waals surface area contributed by atoms with Gasteiger partial charge in [0.15, 0.2) is 0 Å². The second-order valence-electron chi connectivity index (χ2n) is 7.82. The van der Waals surface area contributed by atoms with E-state index in [1.807, 2.05) is 6.07 Å². The highest BCUT2D eigenvalue weighted by Crippen LogP contribution is 2.32. The van der Waals surface area contributed by atoms with Crippen LogP contribution in [-0.4, -0.2) is 58.0 Å². The summed E-state index contributed by atoms with van der Waals surface area (Å²) in [6, 6.07) is 8.47. The maximum Gasteiger partial charge on any atom is 0.258 e. The van der Waals surface area contributed by atoms with Gasteiger partial charge in [0, 0.05) is 31.2 Å². The number of nitrogens with one attached hydrogen (secondary N) is 1. The quantitative estimate of drug-likeness (QED) is 0.703. The van der Waals surface area contributed by atoms with E-state index in [0.29, 0.717) is 23.9 Å². The minimum Gasteiger partial charge on any atom is -0.379 e. The second kappa shape index (κ2) is 9.74. The lowest BCUT2D eigenvalue weighted by molar-refractivity contribution is 0.0730. The Labute approximate surface area is 192 Å². The number of carbonyl (C=O) groups excluding carboxylic acids is 1. The Hall–Kier alpha value is -2.20. The van der Waals surface area contributed by atoms with Crippen molar-refractivity contribution >= 4 is 38.9 Å². The van der Waals surface area contributed by atoms with Crippen LogP contribution in [0.3, 0.4) is 0 Å². The summed E-state index contributed by atoms with van der Waals surface area (Å²) in [6.45, 7) is 2.72. The smallest absolute Gasteiger partial charge is 0.258 e. The van der Waals surface area contributed by atoms with E-state index >= 15 is 0 Å². The number of hydrogen-bond acceptors (Lipinski definition) is 5. The van der Waals surface area contributed by atoms with Crippen molar-refractivity contribution in [1.82, 2.24) is 4.31 Å². The zero-order chi connectivity index (χ0) is 22.7. The van der Waals surface area contributed by atoms with Gasteiger partial charge < -0.3 is 15.0 Å². The average Bonchev–Trinajstić information content (AvgIpc) is 2.80. The van der Waals surface area contributed by atoms with Gasteiger partial charge in [-0.05, 0) is 55.7 Å². The van der Waals surface area contributed by atoms with E-state index < -0.39 is 21.7 Å². The van der Waals surface area contributed by atoms with Crippen molar-refractivity contribution in [1.29, 1.82) is 0 Å². The third-order valence-corrected chi connectivity index (χ3v) is 7.82. The van der Waals surface area contributed by atoms with Crippen molar-refractivity contribution in [2.45, 2.75) is 24.2 Å². The van der Waals surface area contributed by atoms with Gasteiger partial charge in [-0.2, -0.15) is 4.31 Å². The molecule has 10 heteroatoms. The summed E-state index contributed by atoms with van der Waals surface area (Å²) < 4.78 is 46.9. The SMILES string of the molecule is O=C(Nc1cc(Cl)ccc1N1CCCCC1)c1cc(S(=O)(=O)N2CCOCC2)ccc1F. The molecule has 4 rings (SSSR count). The summed E-state index contributed by atoms with van der Waals surface area (Å²) in [5.41, 5.74) is 0.925. The van der Waals surface area contributed by atoms with Gasteiger partial charge in [0.05, 0.1) is 35.0 Å². The summed E-state index contributed by atoms with van der Waals surface area (Å²) in [4.78, 5) is 15.0. The minimum atomic E-state index is -3.86. The first-order chi connectivity index (χ1) is 15.4. The number of morpholine rings is 1. The molecule has 0 spiro atoms. The Balaban J connectivity index is 1.62. The molecule has 2 fully saturated rings. The van der Waals surface area contributed by atoms with Crippen LogP contribution in [0.2, 0.25) is 5.02 Å². The summed E-state index contributed by atoms with van der Waals surface area (Å²) in [5.74, 6) is -1.54. The number of sulfonamides is 1. The molecule has 2 aliphatic rings. The summed E-state index contributed by atoms with van der Waals surface area (Å²) >= 11 is 6.15. The Morgan fingerprint density at radius 3 is 2.44 bits per heavy atom. The first kappa shape index (κ1) is 23.0. The highest BCUT2D eigenvalue weighted by atomic mass is 35.5. The van der Waals surface area contributed by atoms with Crippen LogP contribution in [0.4, 0.5) is 15.8 Å². The maximum absolute atomic E-state index is 14.6. The number of ether oxygens (including phenoxy) is 1. The molecule has 1 N–H and O–H groups in total. The number of carbonyl (C=O) groups is 1. The first-order valence-corrected chi connectivity index (χ1v) is 12.4. The van der Waals surface area contributed by atoms with E-state index in [-0.39, 0.29) is 23.5 Å². The second-order valence-corrected chi connectivity index (χ2v) is 10.2. The molecular formula is C22H25ClFN3O4S. The van der Waals surface area contributed by atoms with E-state index in [1.165, 1.54) is 10.4 Å². The van der Waals surface area contributed by atoms with Crippen LogP contribution in [0.15, 0.2) is 41.3 Å². The van der Waals surface area contributed by atoms with Gasteiger partial charge >= 0.3 is 0 Å². The molecule has 2 aromatic carbocycles. The van der Waals surface area contributed by atoms with Gasteiger partial charge in [-0.1, -0.05) is 11.6 Å². The molecule has 0 aromatic heterocycles. The van der Waals surface area contributed by atoms with Gasteiger partial charge in [-0.15, -0.1) is 0 Å². The predicted octanol–water partition coefficient (Wildman–Crippen LogP) is 3.74. The number of piperidine rings is 1. The minimum absolute atomic E-state index is 0.131. The Bertz CT molecular complexity index is 1100. The Morgan fingerprint density at radius 1 is 1.00 bits per heavy atom. The summed E-state index contributed by atoms with van der Waals surface area (Å²) in [5, 5.41) is 3.17. The van der Waals surface area contributed by atoms with Crippen LogP contribution < -0.4 is 10.2 Å². The molecule has 172 valence electrons. The van der Waals surface area contributed by atoms with Crippen molar-refractivity contribution in [3.63, 3.8) is 0 Å². The lowest BCUT2D eigenvalue weighted by Gasteiger charge is -2.30. The first-order valence-electron chi connectivity index (χ1n) is 10.6. The largest absolute Gasteiger partial charge is 0.379 e. The molecule has 2 aromatic rings. The molecule has 0 radical (unpaired) electrons. The fourth-order valence-corrected chi connectivity index (χ4v) is 5.59. The lowest BCUT2D eigenvalue weighted by Crippen LogP contribution is -2.40. The van der Waals surface area contributed by atoms with Crippen LogP contribution in [0, 0.1) is 5.82 Å². The third-order valence-electron chi connectivity index (χ3n) is 5.69. The monoisotopic (exact) mass is 481 g/mol. The molecule has 7 nitrogen and oxygen atoms in total. The van der Waals surface area contributed by atoms with Crippen molar-refractivity contribution in [2.75, 3.05) is 49.6 Å². The van der Waals surface area contributed by atoms with Gasteiger partial charge in [0.2, 0.25) is 10.0 Å². The van der Waals surface area contributed by atoms with Crippen molar-refractivity contribution in [3.05, 3.63) is 52.8 Å². The molecule has 2 saturated heterocycles. The van der Waals surface area contributed by atoms with E-state index in [2.05, 4.69) is 10.2 Å². The molecule has 0 aliphatic carbocycles. The third kappa shape index (κ3) is 4.91. The highest BCUT2D eigenvalue weighted by molar-refractivity contribution is 7.89. The lowest BCUT2D eigenvalue weighted by atomic mass is 10.1. The van der Waals surface area contributed by atoms with Crippen LogP contribution in [0.25, 0.3) is 0 Å². The number of benzene rings is 2. The topological polar surface area (TPSA) is 79.0 Å². The van der Waals surface area contributed by atoms with Crippen LogP contribution >= 0.6 is 11.6 Å². The number of rotatable bonds is 5. The zero-order valence-electron chi connectivity index (χ0n) is 17.5. The fraction of sp³-hybridized carbons (Fsp3) is 0.409. The normalized spacial score (nSPS) is 17.9. The molecule has 0 atom stereocenters. The zero-order valence-corrected chi connectivity index (χ0v) is 19.1. The Morgan fingerprint density at radius 2 is 1.72 bits per heavy atom. The van der Waals surface area contributed by atoms with Gasteiger partial charge in [0.25, 0.3) is 5.91 Å². The number of nitrogens with zero attached hydrogens (tertiary/aromatic N) is 2. The highest BCUT2D eigenvalue weighted by Gasteiger charge is 2.28. The van der Waals surface area contributed by atoms with E-state index in [4.69, 9.17) is 16.3 Å². The molecule has 32 heavy (non-hydrogen) atoms. The van der Waals surface area contributed by atoms with Crippen molar-refractivity contribution in [2.24, 2.45) is 0 Å². The van der Waals surface area contributed by atoms with Crippen LogP contribution in [-0.2, 0) is 14.8 Å². The molecular weight excluding hydrogens is 457 g/mol. The summed E-state index contributed by atoms with van der Waals surface area (Å²) in [6.07, 6.45) is 3.25. The molecule has 0 bridgehead atoms. The molecule has 0 saturated carbocycles. The van der Waals surface area contributed by atoms with Crippen LogP contribution in [0.5, 0.6) is 0 Å². The van der Waals surface area contributed by atoms with E-state index in [1.54, 1.807) is 12.1 Å². The van der Waals surface area contributed by atoms with E-state index in [9.17, 15) is 17.6 Å². The Kier molecular flexibility index (Phi) is 6.99. The molecule has 2 aliphatic heterocycles. The fourth-order valence-electron chi connectivity index (χ4n) is 3.98. The predicted molar refractivity (Wildman–Crippen MR) is 121 cm³/mol. The van der Waals surface area contributed by atoms with Crippen LogP contribution in [0.1, 0.15) is 29.6 Å². The maximum atomic E-state index is 14.6. The number of halogens is 2. The van der Waals surface area contributed by atoms with E-state index in [0.717, 1.165) is 50.2 Å². The number of anilines is 2. The van der Waals surface area contributed by atoms with Gasteiger partial charge in [-0.3, -0.25) is 4.79 Å². The molecule has 1 amide bonds. The average molecular weight is 482 g/mol. The molecule has 0 unspecified atom stereocenters. The standard InChI is InChI=1S/C22H25ClFN3O4S/c23-16-4-7-21(26-8-2-1-3-9-26)20(14-16)25-22(28)18-15-17(5-6-19(18)24)32(29,30)27-10-12-31-13-11-27/h4-7,14-15H,1-3,8-13H2,(H,25,28). The number of hydrogen-bond donors (Lipinski definition) is 1. The summed E-state index contributed by atoms with van der Waals surface area (Å²) in [7, 11) is -3.86. The van der Waals surface area contributed by atoms with Crippen molar-refractivity contribution in [3.8, 4) is 0 Å². The van der Waals surface area contributed by atoms with Crippen molar-refractivity contribution < 1.29 is 22.3 Å². The van der Waals surface area contributed by atoms with Gasteiger partial charge in [0.1, 0.15) is 5.82 Å². The van der Waals surface area contributed by atoms with Gasteiger partial charge in [-0.25, -0.2) is 12.8 Å².